The molecule has 0 saturated heterocycles. The average molecular weight is 205 g/mol. The minimum atomic E-state index is 0.356. The second kappa shape index (κ2) is 4.06. The quantitative estimate of drug-likeness (QED) is 0.693. The van der Waals surface area contributed by atoms with Gasteiger partial charge in [0.2, 0.25) is 0 Å². The summed E-state index contributed by atoms with van der Waals surface area (Å²) in [7, 11) is 0. The topological polar surface area (TPSA) is 25.8 Å². The zero-order chi connectivity index (χ0) is 9.14. The highest BCUT2D eigenvalue weighted by atomic mass is 35.5. The van der Waals surface area contributed by atoms with Crippen molar-refractivity contribution in [2.24, 2.45) is 0 Å². The highest BCUT2D eigenvalue weighted by Crippen LogP contribution is 2.22. The second-order valence-electron chi connectivity index (χ2n) is 2.87. The Labute approximate surface area is 81.9 Å². The number of hydrogen-bond donors (Lipinski definition) is 0. The zero-order valence-electron chi connectivity index (χ0n) is 7.01. The minimum Gasteiger partial charge on any atom is -0.153 e. The molecule has 0 aliphatic heterocycles. The van der Waals surface area contributed by atoms with Gasteiger partial charge in [-0.2, -0.15) is 5.10 Å². The van der Waals surface area contributed by atoms with Crippen LogP contribution < -0.4 is 0 Å². The van der Waals surface area contributed by atoms with E-state index in [4.69, 9.17) is 23.2 Å². The predicted octanol–water partition coefficient (Wildman–Crippen LogP) is 2.99. The molecule has 1 aromatic heterocycles. The third-order valence-electron chi connectivity index (χ3n) is 1.59. The van der Waals surface area contributed by atoms with Gasteiger partial charge in [-0.25, -0.2) is 0 Å². The number of halogens is 2. The van der Waals surface area contributed by atoms with E-state index in [9.17, 15) is 0 Å². The molecule has 1 rings (SSSR count). The van der Waals surface area contributed by atoms with Crippen LogP contribution in [0.4, 0.5) is 0 Å². The molecular formula is C8H10Cl2N2. The summed E-state index contributed by atoms with van der Waals surface area (Å²) in [5, 5.41) is 8.10. The molecule has 0 atom stereocenters. The highest BCUT2D eigenvalue weighted by Gasteiger charge is 2.07. The lowest BCUT2D eigenvalue weighted by Crippen LogP contribution is -1.97. The monoisotopic (exact) mass is 204 g/mol. The number of aromatic nitrogens is 2. The number of nitrogens with zero attached hydrogens (tertiary/aromatic N) is 2. The van der Waals surface area contributed by atoms with Gasteiger partial charge in [0, 0.05) is 0 Å². The standard InChI is InChI=1S/C8H10Cl2N2/c1-5(2)7-3-6(4-9)11-12-8(7)10/h3,5H,4H2,1-2H3. The van der Waals surface area contributed by atoms with Gasteiger partial charge in [-0.1, -0.05) is 25.4 Å². The van der Waals surface area contributed by atoms with Crippen LogP contribution in [0, 0.1) is 0 Å². The molecule has 1 heterocycles. The second-order valence-corrected chi connectivity index (χ2v) is 3.50. The van der Waals surface area contributed by atoms with Crippen molar-refractivity contribution in [3.05, 3.63) is 22.5 Å². The van der Waals surface area contributed by atoms with Gasteiger partial charge in [-0.05, 0) is 17.5 Å². The Balaban J connectivity index is 3.08. The van der Waals surface area contributed by atoms with Crippen molar-refractivity contribution in [1.82, 2.24) is 10.2 Å². The maximum Gasteiger partial charge on any atom is 0.155 e. The van der Waals surface area contributed by atoms with E-state index in [1.54, 1.807) is 0 Å². The molecule has 0 bridgehead atoms. The van der Waals surface area contributed by atoms with E-state index in [-0.39, 0.29) is 0 Å². The van der Waals surface area contributed by atoms with Crippen molar-refractivity contribution in [1.29, 1.82) is 0 Å². The lowest BCUT2D eigenvalue weighted by atomic mass is 10.1. The van der Waals surface area contributed by atoms with E-state index in [2.05, 4.69) is 24.0 Å². The molecule has 2 nitrogen and oxygen atoms in total. The lowest BCUT2D eigenvalue weighted by Gasteiger charge is -2.06. The number of rotatable bonds is 2. The van der Waals surface area contributed by atoms with Gasteiger partial charge in [0.25, 0.3) is 0 Å². The molecule has 12 heavy (non-hydrogen) atoms. The van der Waals surface area contributed by atoms with Gasteiger partial charge in [0.1, 0.15) is 0 Å². The molecule has 0 fully saturated rings. The first kappa shape index (κ1) is 9.75. The van der Waals surface area contributed by atoms with E-state index in [0.29, 0.717) is 17.0 Å². The highest BCUT2D eigenvalue weighted by molar-refractivity contribution is 6.30. The zero-order valence-corrected chi connectivity index (χ0v) is 8.52. The van der Waals surface area contributed by atoms with Crippen molar-refractivity contribution in [3.63, 3.8) is 0 Å². The van der Waals surface area contributed by atoms with Gasteiger partial charge in [0.05, 0.1) is 11.6 Å². The van der Waals surface area contributed by atoms with E-state index in [1.807, 2.05) is 6.07 Å². The van der Waals surface area contributed by atoms with E-state index < -0.39 is 0 Å². The van der Waals surface area contributed by atoms with Crippen LogP contribution in [0.3, 0.4) is 0 Å². The molecule has 0 spiro atoms. The number of hydrogen-bond acceptors (Lipinski definition) is 2. The molecule has 0 aliphatic carbocycles. The van der Waals surface area contributed by atoms with Gasteiger partial charge in [-0.3, -0.25) is 0 Å². The van der Waals surface area contributed by atoms with Crippen LogP contribution in [0.15, 0.2) is 6.07 Å². The molecule has 0 saturated carbocycles. The molecule has 0 radical (unpaired) electrons. The van der Waals surface area contributed by atoms with Crippen LogP contribution >= 0.6 is 23.2 Å². The Morgan fingerprint density at radius 2 is 2.08 bits per heavy atom. The van der Waals surface area contributed by atoms with Crippen LogP contribution in [0.1, 0.15) is 31.0 Å². The molecule has 0 amide bonds. The largest absolute Gasteiger partial charge is 0.155 e. The maximum atomic E-state index is 5.83. The molecule has 4 heteroatoms. The Hall–Kier alpha value is -0.340. The molecule has 0 N–H and O–H groups in total. The average Bonchev–Trinajstić information content (AvgIpc) is 2.05. The predicted molar refractivity (Wildman–Crippen MR) is 50.7 cm³/mol. The SMILES string of the molecule is CC(C)c1cc(CCl)nnc1Cl. The third-order valence-corrected chi connectivity index (χ3v) is 2.15. The Bertz CT molecular complexity index is 274. The molecule has 66 valence electrons. The maximum absolute atomic E-state index is 5.83. The summed E-state index contributed by atoms with van der Waals surface area (Å²) in [6.07, 6.45) is 0. The lowest BCUT2D eigenvalue weighted by molar-refractivity contribution is 0.830. The molecule has 0 aromatic carbocycles. The molecule has 0 unspecified atom stereocenters. The first-order valence-electron chi connectivity index (χ1n) is 3.73. The fraction of sp³-hybridized carbons (Fsp3) is 0.500. The fourth-order valence-corrected chi connectivity index (χ4v) is 1.35. The van der Waals surface area contributed by atoms with E-state index >= 15 is 0 Å². The van der Waals surface area contributed by atoms with Gasteiger partial charge in [-0.15, -0.1) is 16.7 Å². The normalized spacial score (nSPS) is 10.8. The van der Waals surface area contributed by atoms with E-state index in [1.165, 1.54) is 0 Å². The molecular weight excluding hydrogens is 195 g/mol. The summed E-state index contributed by atoms with van der Waals surface area (Å²) in [6.45, 7) is 4.11. The summed E-state index contributed by atoms with van der Waals surface area (Å²) in [5.74, 6) is 0.735. The van der Waals surface area contributed by atoms with Crippen LogP contribution in [-0.4, -0.2) is 10.2 Å². The summed E-state index contributed by atoms with van der Waals surface area (Å²) in [6, 6.07) is 1.90. The van der Waals surface area contributed by atoms with E-state index in [0.717, 1.165) is 11.3 Å². The third kappa shape index (κ3) is 2.08. The van der Waals surface area contributed by atoms with Gasteiger partial charge >= 0.3 is 0 Å². The van der Waals surface area contributed by atoms with Gasteiger partial charge < -0.3 is 0 Å². The summed E-state index contributed by atoms with van der Waals surface area (Å²) >= 11 is 11.4. The van der Waals surface area contributed by atoms with Crippen molar-refractivity contribution in [3.8, 4) is 0 Å². The Morgan fingerprint density at radius 1 is 1.42 bits per heavy atom. The molecule has 0 aliphatic rings. The Kier molecular flexibility index (Phi) is 3.29. The molecule has 1 aromatic rings. The smallest absolute Gasteiger partial charge is 0.153 e. The van der Waals surface area contributed by atoms with Gasteiger partial charge in [0.15, 0.2) is 5.15 Å². The summed E-state index contributed by atoms with van der Waals surface area (Å²) in [4.78, 5) is 0. The van der Waals surface area contributed by atoms with Crippen molar-refractivity contribution in [2.45, 2.75) is 25.6 Å². The van der Waals surface area contributed by atoms with Crippen LogP contribution in [-0.2, 0) is 5.88 Å². The van der Waals surface area contributed by atoms with Crippen LogP contribution in [0.2, 0.25) is 5.15 Å². The summed E-state index contributed by atoms with van der Waals surface area (Å²) < 4.78 is 0. The number of alkyl halides is 1. The Morgan fingerprint density at radius 3 is 2.58 bits per heavy atom. The van der Waals surface area contributed by atoms with Crippen LogP contribution in [0.25, 0.3) is 0 Å². The van der Waals surface area contributed by atoms with Crippen molar-refractivity contribution >= 4 is 23.2 Å². The van der Waals surface area contributed by atoms with Crippen LogP contribution in [0.5, 0.6) is 0 Å². The van der Waals surface area contributed by atoms with Crippen molar-refractivity contribution in [2.75, 3.05) is 0 Å². The first-order valence-corrected chi connectivity index (χ1v) is 4.64. The summed E-state index contributed by atoms with van der Waals surface area (Å²) in [5.41, 5.74) is 1.77. The van der Waals surface area contributed by atoms with Crippen molar-refractivity contribution < 1.29 is 0 Å². The minimum absolute atomic E-state index is 0.356. The fourth-order valence-electron chi connectivity index (χ4n) is 0.904. The first-order chi connectivity index (χ1) is 5.65.